The molecule has 2 rings (SSSR count). The molecule has 0 bridgehead atoms. The van der Waals surface area contributed by atoms with Crippen molar-refractivity contribution >= 4 is 30.6 Å². The molecule has 2 radical (unpaired) electrons. The Balaban J connectivity index is 2.91. The molecule has 0 saturated carbocycles. The molecule has 11 heavy (non-hydrogen) atoms. The number of hydrogen-bond donors (Lipinski definition) is 0. The Bertz CT molecular complexity index is 396. The average molecular weight is 162 g/mol. The van der Waals surface area contributed by atoms with Crippen molar-refractivity contribution in [1.82, 2.24) is 9.38 Å². The molecule has 0 amide bonds. The highest BCUT2D eigenvalue weighted by Gasteiger charge is 1.97. The van der Waals surface area contributed by atoms with Crippen molar-refractivity contribution in [2.45, 2.75) is 0 Å². The third-order valence-corrected chi connectivity index (χ3v) is 1.69. The van der Waals surface area contributed by atoms with Gasteiger partial charge >= 0.3 is 0 Å². The van der Waals surface area contributed by atoms with Crippen LogP contribution in [0.3, 0.4) is 0 Å². The molecular formula is C7H4BClN2. The van der Waals surface area contributed by atoms with Crippen LogP contribution in [-0.2, 0) is 0 Å². The van der Waals surface area contributed by atoms with Crippen LogP contribution < -0.4 is 5.46 Å². The van der Waals surface area contributed by atoms with E-state index in [0.29, 0.717) is 10.5 Å². The van der Waals surface area contributed by atoms with E-state index in [2.05, 4.69) is 4.98 Å². The quantitative estimate of drug-likeness (QED) is 0.523. The maximum Gasteiger partial charge on any atom is 0.129 e. The van der Waals surface area contributed by atoms with Gasteiger partial charge < -0.3 is 4.40 Å². The highest BCUT2D eigenvalue weighted by Crippen LogP contribution is 2.06. The smallest absolute Gasteiger partial charge is 0.129 e. The molecule has 0 aliphatic heterocycles. The Morgan fingerprint density at radius 3 is 3.18 bits per heavy atom. The monoisotopic (exact) mass is 162 g/mol. The molecule has 2 heterocycles. The summed E-state index contributed by atoms with van der Waals surface area (Å²) in [6, 6.07) is 1.68. The van der Waals surface area contributed by atoms with Crippen LogP contribution in [0.4, 0.5) is 0 Å². The molecule has 0 aromatic carbocycles. The van der Waals surface area contributed by atoms with Gasteiger partial charge in [0.05, 0.1) is 5.02 Å². The Morgan fingerprint density at radius 2 is 2.36 bits per heavy atom. The lowest BCUT2D eigenvalue weighted by molar-refractivity contribution is 1.20. The number of halogens is 1. The summed E-state index contributed by atoms with van der Waals surface area (Å²) in [5.41, 5.74) is 1.34. The molecule has 2 aromatic heterocycles. The van der Waals surface area contributed by atoms with E-state index in [1.54, 1.807) is 29.1 Å². The van der Waals surface area contributed by atoms with Crippen molar-refractivity contribution in [2.24, 2.45) is 0 Å². The van der Waals surface area contributed by atoms with Crippen LogP contribution in [-0.4, -0.2) is 17.2 Å². The van der Waals surface area contributed by atoms with E-state index in [9.17, 15) is 0 Å². The van der Waals surface area contributed by atoms with E-state index in [-0.39, 0.29) is 0 Å². The van der Waals surface area contributed by atoms with Crippen molar-refractivity contribution in [2.75, 3.05) is 0 Å². The van der Waals surface area contributed by atoms with Crippen LogP contribution in [0.2, 0.25) is 5.02 Å². The summed E-state index contributed by atoms with van der Waals surface area (Å²) in [5, 5.41) is 0.619. The lowest BCUT2D eigenvalue weighted by Crippen LogP contribution is -2.06. The summed E-state index contributed by atoms with van der Waals surface area (Å²) in [7, 11) is 5.63. The molecule has 2 aromatic rings. The number of aromatic nitrogens is 2. The molecule has 2 nitrogen and oxygen atoms in total. The topological polar surface area (TPSA) is 17.3 Å². The van der Waals surface area contributed by atoms with Gasteiger partial charge in [0.1, 0.15) is 13.5 Å². The molecule has 0 atom stereocenters. The first kappa shape index (κ1) is 6.74. The molecule has 52 valence electrons. The zero-order chi connectivity index (χ0) is 7.84. The van der Waals surface area contributed by atoms with Gasteiger partial charge in [0.15, 0.2) is 0 Å². The molecule has 0 fully saturated rings. The number of pyridine rings is 1. The second-order valence-electron chi connectivity index (χ2n) is 2.27. The van der Waals surface area contributed by atoms with Crippen LogP contribution in [0.25, 0.3) is 5.65 Å². The van der Waals surface area contributed by atoms with Gasteiger partial charge in [0, 0.05) is 18.6 Å². The first-order valence-electron chi connectivity index (χ1n) is 3.15. The fourth-order valence-corrected chi connectivity index (χ4v) is 1.25. The molecule has 0 spiro atoms. The Morgan fingerprint density at radius 1 is 1.55 bits per heavy atom. The van der Waals surface area contributed by atoms with Gasteiger partial charge in [-0.05, 0) is 6.07 Å². The molecule has 0 aliphatic rings. The van der Waals surface area contributed by atoms with Gasteiger partial charge in [-0.3, -0.25) is 0 Å². The number of hydrogen-bond acceptors (Lipinski definition) is 1. The van der Waals surface area contributed by atoms with Gasteiger partial charge in [-0.15, -0.1) is 0 Å². The summed E-state index contributed by atoms with van der Waals surface area (Å²) in [4.78, 5) is 4.04. The molecule has 0 saturated heterocycles. The normalized spacial score (nSPS) is 10.6. The van der Waals surface area contributed by atoms with Crippen LogP contribution in [0.5, 0.6) is 0 Å². The first-order chi connectivity index (χ1) is 5.27. The minimum atomic E-state index is 0.600. The van der Waals surface area contributed by atoms with Gasteiger partial charge in [-0.1, -0.05) is 17.1 Å². The van der Waals surface area contributed by atoms with Crippen molar-refractivity contribution in [1.29, 1.82) is 0 Å². The second kappa shape index (κ2) is 2.27. The summed E-state index contributed by atoms with van der Waals surface area (Å²) in [6.45, 7) is 0. The van der Waals surface area contributed by atoms with Crippen LogP contribution in [0.1, 0.15) is 0 Å². The first-order valence-corrected chi connectivity index (χ1v) is 3.53. The zero-order valence-corrected chi connectivity index (χ0v) is 6.42. The number of fused-ring (bicyclic) bond motifs is 1. The Kier molecular flexibility index (Phi) is 1.39. The number of imidazole rings is 1. The fourth-order valence-electron chi connectivity index (χ4n) is 1.02. The predicted octanol–water partition coefficient (Wildman–Crippen LogP) is 0.781. The van der Waals surface area contributed by atoms with Crippen molar-refractivity contribution < 1.29 is 0 Å². The third-order valence-electron chi connectivity index (χ3n) is 1.48. The predicted molar refractivity (Wildman–Crippen MR) is 45.6 cm³/mol. The molecule has 4 heteroatoms. The lowest BCUT2D eigenvalue weighted by Gasteiger charge is -1.98. The van der Waals surface area contributed by atoms with Crippen molar-refractivity contribution in [3.8, 4) is 0 Å². The SMILES string of the molecule is [B]c1cc(Cl)cn2ccnc12. The van der Waals surface area contributed by atoms with E-state index in [1.165, 1.54) is 0 Å². The van der Waals surface area contributed by atoms with Crippen molar-refractivity contribution in [3.05, 3.63) is 29.7 Å². The lowest BCUT2D eigenvalue weighted by atomic mass is 9.98. The summed E-state index contributed by atoms with van der Waals surface area (Å²) >= 11 is 5.75. The fraction of sp³-hybridized carbons (Fsp3) is 0. The molecule has 0 aliphatic carbocycles. The van der Waals surface area contributed by atoms with E-state index in [4.69, 9.17) is 19.4 Å². The minimum Gasteiger partial charge on any atom is -0.306 e. The maximum atomic E-state index is 5.75. The highest BCUT2D eigenvalue weighted by atomic mass is 35.5. The standard InChI is InChI=1S/C7H4BClN2/c8-6-3-5(9)4-11-2-1-10-7(6)11/h1-4H. The molecule has 0 N–H and O–H groups in total. The molecular weight excluding hydrogens is 158 g/mol. The summed E-state index contributed by atoms with van der Waals surface area (Å²) in [5.74, 6) is 0. The number of nitrogens with zero attached hydrogens (tertiary/aromatic N) is 2. The maximum absolute atomic E-state index is 5.75. The van der Waals surface area contributed by atoms with E-state index >= 15 is 0 Å². The third kappa shape index (κ3) is 1.01. The van der Waals surface area contributed by atoms with Crippen LogP contribution >= 0.6 is 11.6 Å². The van der Waals surface area contributed by atoms with E-state index < -0.39 is 0 Å². The summed E-state index contributed by atoms with van der Waals surface area (Å²) < 4.78 is 1.79. The van der Waals surface area contributed by atoms with Gasteiger partial charge in [0.2, 0.25) is 0 Å². The van der Waals surface area contributed by atoms with Crippen LogP contribution in [0.15, 0.2) is 24.7 Å². The largest absolute Gasteiger partial charge is 0.306 e. The Labute approximate surface area is 70.2 Å². The number of rotatable bonds is 0. The van der Waals surface area contributed by atoms with E-state index in [1.807, 2.05) is 0 Å². The summed E-state index contributed by atoms with van der Waals surface area (Å²) in [6.07, 6.45) is 5.25. The van der Waals surface area contributed by atoms with Gasteiger partial charge in [-0.25, -0.2) is 4.98 Å². The van der Waals surface area contributed by atoms with E-state index in [0.717, 1.165) is 5.65 Å². The van der Waals surface area contributed by atoms with Gasteiger partial charge in [-0.2, -0.15) is 0 Å². The Hall–Kier alpha value is -0.955. The second-order valence-corrected chi connectivity index (χ2v) is 2.71. The highest BCUT2D eigenvalue weighted by molar-refractivity contribution is 6.38. The molecule has 0 unspecified atom stereocenters. The zero-order valence-electron chi connectivity index (χ0n) is 5.66. The minimum absolute atomic E-state index is 0.600. The van der Waals surface area contributed by atoms with Crippen LogP contribution in [0, 0.1) is 0 Å². The average Bonchev–Trinajstić information content (AvgIpc) is 2.34. The van der Waals surface area contributed by atoms with Gasteiger partial charge in [0.25, 0.3) is 0 Å². The van der Waals surface area contributed by atoms with Crippen molar-refractivity contribution in [3.63, 3.8) is 0 Å².